The molecule has 170 valence electrons. The van der Waals surface area contributed by atoms with Gasteiger partial charge in [0.1, 0.15) is 0 Å². The second kappa shape index (κ2) is 8.85. The minimum atomic E-state index is -0.208. The van der Waals surface area contributed by atoms with Gasteiger partial charge >= 0.3 is 0 Å². The van der Waals surface area contributed by atoms with E-state index in [-0.39, 0.29) is 24.1 Å². The van der Waals surface area contributed by atoms with E-state index < -0.39 is 0 Å². The van der Waals surface area contributed by atoms with Crippen molar-refractivity contribution in [3.8, 4) is 17.1 Å². The average Bonchev–Trinajstić information content (AvgIpc) is 3.26. The van der Waals surface area contributed by atoms with E-state index in [1.165, 1.54) is 0 Å². The summed E-state index contributed by atoms with van der Waals surface area (Å²) in [5.41, 5.74) is 4.30. The minimum Gasteiger partial charge on any atom is -0.481 e. The summed E-state index contributed by atoms with van der Waals surface area (Å²) in [6, 6.07) is 7.09. The molecule has 0 bridgehead atoms. The first-order valence-electron chi connectivity index (χ1n) is 10.6. The summed E-state index contributed by atoms with van der Waals surface area (Å²) >= 11 is 0. The fourth-order valence-corrected chi connectivity index (χ4v) is 3.80. The highest BCUT2D eigenvalue weighted by Crippen LogP contribution is 2.26. The van der Waals surface area contributed by atoms with E-state index in [2.05, 4.69) is 25.1 Å². The van der Waals surface area contributed by atoms with Crippen LogP contribution in [0.5, 0.6) is 5.88 Å². The van der Waals surface area contributed by atoms with Crippen LogP contribution in [0.2, 0.25) is 0 Å². The highest BCUT2D eigenvalue weighted by Gasteiger charge is 2.25. The molecule has 0 aliphatic heterocycles. The number of fused-ring (bicyclic) bond motifs is 1. The van der Waals surface area contributed by atoms with Crippen molar-refractivity contribution in [2.24, 2.45) is 0 Å². The molecule has 4 rings (SSSR count). The van der Waals surface area contributed by atoms with Gasteiger partial charge in [0.05, 0.1) is 36.5 Å². The van der Waals surface area contributed by atoms with Crippen molar-refractivity contribution in [3.05, 3.63) is 69.4 Å². The third-order valence-electron chi connectivity index (χ3n) is 5.60. The number of aryl methyl sites for hydroxylation is 2. The molecule has 0 aromatic carbocycles. The van der Waals surface area contributed by atoms with E-state index in [1.54, 1.807) is 36.5 Å². The molecule has 0 unspecified atom stereocenters. The fourth-order valence-electron chi connectivity index (χ4n) is 3.80. The molecule has 0 radical (unpaired) electrons. The van der Waals surface area contributed by atoms with Gasteiger partial charge < -0.3 is 14.6 Å². The summed E-state index contributed by atoms with van der Waals surface area (Å²) in [5.74, 6) is 0.281. The lowest BCUT2D eigenvalue weighted by Crippen LogP contribution is -2.38. The number of amides is 1. The number of carbonyl (C=O) groups is 1. The monoisotopic (exact) mass is 446 g/mol. The first kappa shape index (κ1) is 22.2. The highest BCUT2D eigenvalue weighted by molar-refractivity contribution is 6.06. The molecule has 0 saturated heterocycles. The van der Waals surface area contributed by atoms with Crippen LogP contribution in [0.25, 0.3) is 22.3 Å². The van der Waals surface area contributed by atoms with Gasteiger partial charge in [-0.1, -0.05) is 0 Å². The van der Waals surface area contributed by atoms with Gasteiger partial charge in [-0.15, -0.1) is 0 Å². The van der Waals surface area contributed by atoms with Gasteiger partial charge in [-0.2, -0.15) is 5.10 Å². The Hall–Kier alpha value is -4.01. The van der Waals surface area contributed by atoms with Crippen LogP contribution in [0.1, 0.15) is 41.0 Å². The van der Waals surface area contributed by atoms with E-state index in [0.717, 1.165) is 16.8 Å². The average molecular weight is 447 g/mol. The van der Waals surface area contributed by atoms with Crippen molar-refractivity contribution >= 4 is 16.9 Å². The quantitative estimate of drug-likeness (QED) is 0.469. The van der Waals surface area contributed by atoms with Crippen molar-refractivity contribution < 1.29 is 9.53 Å². The molecule has 0 aliphatic carbocycles. The number of nitrogens with zero attached hydrogens (tertiary/aromatic N) is 4. The highest BCUT2D eigenvalue weighted by atomic mass is 16.5. The number of aromatic amines is 2. The Labute approximate surface area is 190 Å². The summed E-state index contributed by atoms with van der Waals surface area (Å²) in [6.45, 7) is 7.77. The Morgan fingerprint density at radius 3 is 2.61 bits per heavy atom. The second-order valence-electron chi connectivity index (χ2n) is 8.25. The maximum Gasteiger partial charge on any atom is 0.255 e. The summed E-state index contributed by atoms with van der Waals surface area (Å²) in [7, 11) is 1.55. The van der Waals surface area contributed by atoms with Gasteiger partial charge in [0.25, 0.3) is 11.5 Å². The molecule has 0 spiro atoms. The van der Waals surface area contributed by atoms with E-state index >= 15 is 0 Å². The third kappa shape index (κ3) is 4.34. The molecule has 0 aliphatic rings. The van der Waals surface area contributed by atoms with E-state index in [0.29, 0.717) is 33.7 Å². The van der Waals surface area contributed by atoms with Crippen LogP contribution in [-0.2, 0) is 6.54 Å². The summed E-state index contributed by atoms with van der Waals surface area (Å²) in [5, 5.41) is 7.56. The molecule has 0 atom stereocenters. The van der Waals surface area contributed by atoms with Gasteiger partial charge in [0.15, 0.2) is 5.65 Å². The maximum absolute atomic E-state index is 13.8. The van der Waals surface area contributed by atoms with Crippen molar-refractivity contribution in [2.45, 2.75) is 40.3 Å². The van der Waals surface area contributed by atoms with Gasteiger partial charge in [0.2, 0.25) is 5.88 Å². The van der Waals surface area contributed by atoms with Crippen molar-refractivity contribution in [3.63, 3.8) is 0 Å². The minimum absolute atomic E-state index is 0.140. The first-order chi connectivity index (χ1) is 15.8. The Kier molecular flexibility index (Phi) is 5.95. The number of hydrogen-bond acceptors (Lipinski definition) is 6. The summed E-state index contributed by atoms with van der Waals surface area (Å²) in [6.07, 6.45) is 3.24. The number of hydrogen-bond donors (Lipinski definition) is 2. The zero-order valence-electron chi connectivity index (χ0n) is 19.3. The number of nitrogens with one attached hydrogen (secondary N) is 2. The van der Waals surface area contributed by atoms with Crippen LogP contribution < -0.4 is 10.3 Å². The predicted octanol–water partition coefficient (Wildman–Crippen LogP) is 3.38. The van der Waals surface area contributed by atoms with Gasteiger partial charge in [-0.25, -0.2) is 9.97 Å². The Balaban J connectivity index is 1.78. The summed E-state index contributed by atoms with van der Waals surface area (Å²) < 4.78 is 5.13. The van der Waals surface area contributed by atoms with Gasteiger partial charge in [-0.3, -0.25) is 14.7 Å². The lowest BCUT2D eigenvalue weighted by Gasteiger charge is -2.27. The van der Waals surface area contributed by atoms with Gasteiger partial charge in [0, 0.05) is 35.1 Å². The molecule has 9 heteroatoms. The van der Waals surface area contributed by atoms with Gasteiger partial charge in [-0.05, 0) is 51.5 Å². The van der Waals surface area contributed by atoms with Crippen molar-refractivity contribution in [1.29, 1.82) is 0 Å². The lowest BCUT2D eigenvalue weighted by molar-refractivity contribution is 0.0691. The molecule has 33 heavy (non-hydrogen) atoms. The van der Waals surface area contributed by atoms with E-state index in [1.807, 2.05) is 39.8 Å². The normalized spacial score (nSPS) is 11.2. The number of carbonyl (C=O) groups excluding carboxylic acids is 1. The zero-order chi connectivity index (χ0) is 23.7. The molecule has 0 saturated carbocycles. The third-order valence-corrected chi connectivity index (χ3v) is 5.60. The number of H-pyrrole nitrogens is 2. The molecule has 4 aromatic heterocycles. The molecule has 4 heterocycles. The van der Waals surface area contributed by atoms with Crippen LogP contribution in [0.15, 0.2) is 41.5 Å². The SMILES string of the molecule is COc1ccc(-c2cc(C(=O)N(Cc3c(C)cc(C)[nH]c3=O)C(C)C)c3cn[nH]c3n2)cn1. The van der Waals surface area contributed by atoms with Crippen LogP contribution >= 0.6 is 0 Å². The molecule has 2 N–H and O–H groups in total. The fraction of sp³-hybridized carbons (Fsp3) is 0.292. The number of rotatable bonds is 6. The molecular formula is C24H26N6O3. The molecule has 4 aromatic rings. The van der Waals surface area contributed by atoms with Crippen LogP contribution in [0, 0.1) is 13.8 Å². The topological polar surface area (TPSA) is 117 Å². The predicted molar refractivity (Wildman–Crippen MR) is 125 cm³/mol. The maximum atomic E-state index is 13.8. The van der Waals surface area contributed by atoms with Crippen molar-refractivity contribution in [2.75, 3.05) is 7.11 Å². The van der Waals surface area contributed by atoms with E-state index in [4.69, 9.17) is 4.74 Å². The molecular weight excluding hydrogens is 420 g/mol. The van der Waals surface area contributed by atoms with Crippen LogP contribution in [-0.4, -0.2) is 49.1 Å². The molecule has 0 fully saturated rings. The number of aromatic nitrogens is 5. The Morgan fingerprint density at radius 1 is 1.18 bits per heavy atom. The summed E-state index contributed by atoms with van der Waals surface area (Å²) in [4.78, 5) is 39.8. The smallest absolute Gasteiger partial charge is 0.255 e. The van der Waals surface area contributed by atoms with E-state index in [9.17, 15) is 9.59 Å². The zero-order valence-corrected chi connectivity index (χ0v) is 19.3. The van der Waals surface area contributed by atoms with Crippen LogP contribution in [0.3, 0.4) is 0 Å². The molecule has 9 nitrogen and oxygen atoms in total. The standard InChI is InChI=1S/C24H26N6O3/c1-13(2)30(12-19-14(3)8-15(4)27-23(19)31)24(32)17-9-20(28-22-18(17)11-26-29-22)16-6-7-21(33-5)25-10-16/h6-11,13H,12H2,1-5H3,(H,27,31)(H,26,28,29). The molecule has 1 amide bonds. The van der Waals surface area contributed by atoms with Crippen molar-refractivity contribution in [1.82, 2.24) is 30.0 Å². The lowest BCUT2D eigenvalue weighted by atomic mass is 10.0. The largest absolute Gasteiger partial charge is 0.481 e. The Bertz CT molecular complexity index is 1370. The second-order valence-corrected chi connectivity index (χ2v) is 8.25. The number of ether oxygens (including phenoxy) is 1. The number of pyridine rings is 3. The Morgan fingerprint density at radius 2 is 1.97 bits per heavy atom. The van der Waals surface area contributed by atoms with Crippen LogP contribution in [0.4, 0.5) is 0 Å². The number of methoxy groups -OCH3 is 1. The first-order valence-corrected chi connectivity index (χ1v) is 10.6.